The number of piperidine rings is 1. The molecule has 2 aliphatic carbocycles. The monoisotopic (exact) mass is 569 g/mol. The number of hydrogen-bond donors (Lipinski definition) is 7. The summed E-state index contributed by atoms with van der Waals surface area (Å²) in [6.07, 6.45) is -0.611. The topological polar surface area (TPSA) is 180 Å². The van der Waals surface area contributed by atoms with Crippen LogP contribution in [0, 0.1) is 17.8 Å². The van der Waals surface area contributed by atoms with Gasteiger partial charge in [0.2, 0.25) is 0 Å². The molecule has 3 aliphatic rings. The predicted octanol–water partition coefficient (Wildman–Crippen LogP) is 1.25. The van der Waals surface area contributed by atoms with Gasteiger partial charge < -0.3 is 25.5 Å². The molecule has 7 N–H and O–H groups in total. The number of hydrazine groups is 1. The van der Waals surface area contributed by atoms with Crippen LogP contribution >= 0.6 is 0 Å². The largest absolute Gasteiger partial charge is 0.479 e. The Bertz CT molecular complexity index is 1160. The lowest BCUT2D eigenvalue weighted by Gasteiger charge is -2.33. The Labute approximate surface area is 238 Å². The first-order chi connectivity index (χ1) is 19.6. The van der Waals surface area contributed by atoms with Crippen molar-refractivity contribution in [2.75, 3.05) is 13.1 Å². The Morgan fingerprint density at radius 2 is 1.34 bits per heavy atom. The molecule has 11 heteroatoms. The first kappa shape index (κ1) is 30.6. The number of nitrogens with one attached hydrogen (secondary N) is 2. The minimum atomic E-state index is -2.27. The molecule has 2 saturated carbocycles. The second-order valence-electron chi connectivity index (χ2n) is 11.2. The fraction of sp³-hybridized carbons (Fsp3) is 0.500. The summed E-state index contributed by atoms with van der Waals surface area (Å²) in [7, 11) is 0. The van der Waals surface area contributed by atoms with Crippen LogP contribution in [0.5, 0.6) is 0 Å². The van der Waals surface area contributed by atoms with E-state index in [1.54, 1.807) is 0 Å². The minimum Gasteiger partial charge on any atom is -0.479 e. The number of aliphatic hydroxyl groups is 3. The first-order valence-corrected chi connectivity index (χ1v) is 14.0. The maximum Gasteiger partial charge on any atom is 0.335 e. The van der Waals surface area contributed by atoms with Crippen molar-refractivity contribution >= 4 is 17.8 Å². The number of rotatable bonds is 10. The van der Waals surface area contributed by atoms with Gasteiger partial charge in [-0.05, 0) is 42.7 Å². The van der Waals surface area contributed by atoms with E-state index in [-0.39, 0.29) is 11.8 Å². The van der Waals surface area contributed by atoms with Crippen molar-refractivity contribution in [3.8, 4) is 0 Å². The van der Waals surface area contributed by atoms with Crippen LogP contribution in [-0.4, -0.2) is 79.6 Å². The van der Waals surface area contributed by atoms with E-state index < -0.39 is 29.7 Å². The number of benzene rings is 2. The summed E-state index contributed by atoms with van der Waals surface area (Å²) < 4.78 is 0. The number of likely N-dealkylation sites (tertiary alicyclic amines) is 1. The third-order valence-electron chi connectivity index (χ3n) is 8.72. The Hall–Kier alpha value is -3.35. The third kappa shape index (κ3) is 6.77. The molecule has 2 aromatic carbocycles. The van der Waals surface area contributed by atoms with Gasteiger partial charge in [-0.15, -0.1) is 0 Å². The van der Waals surface area contributed by atoms with Gasteiger partial charge in [0, 0.05) is 31.1 Å². The summed E-state index contributed by atoms with van der Waals surface area (Å²) in [5, 5.41) is 44.1. The number of carbonyl (C=O) groups excluding carboxylic acids is 1. The van der Waals surface area contributed by atoms with Crippen LogP contribution in [0.4, 0.5) is 0 Å². The van der Waals surface area contributed by atoms with E-state index in [1.165, 1.54) is 5.56 Å². The zero-order valence-electron chi connectivity index (χ0n) is 23.0. The van der Waals surface area contributed by atoms with Crippen LogP contribution in [-0.2, 0) is 20.0 Å². The lowest BCUT2D eigenvalue weighted by atomic mass is 9.79. The van der Waals surface area contributed by atoms with Crippen LogP contribution in [0.1, 0.15) is 49.8 Å². The van der Waals surface area contributed by atoms with Crippen molar-refractivity contribution in [2.24, 2.45) is 17.8 Å². The maximum absolute atomic E-state index is 13.2. The molecular formula is C30H39N3O8. The Morgan fingerprint density at radius 1 is 0.854 bits per heavy atom. The summed E-state index contributed by atoms with van der Waals surface area (Å²) in [6.45, 7) is 4.35. The maximum atomic E-state index is 13.2. The van der Waals surface area contributed by atoms with Crippen LogP contribution in [0.3, 0.4) is 0 Å². The SMILES string of the molecule is CC(c1ccccc1)N1CC2C(C1)C2NNC(=O)C(O)(c1ccccc1)C1CCCC1.O=C(O)C(O)C(O)C(=O)O. The molecule has 5 rings (SSSR count). The van der Waals surface area contributed by atoms with Gasteiger partial charge in [0.15, 0.2) is 17.8 Å². The summed E-state index contributed by atoms with van der Waals surface area (Å²) in [6, 6.07) is 20.8. The fourth-order valence-electron chi connectivity index (χ4n) is 6.13. The standard InChI is InChI=1S/C26H33N3O2.C4H6O6/c1-18(19-10-4-2-5-11-19)29-16-22-23(17-29)24(22)27-28-25(30)26(31,21-14-8-9-15-21)20-12-6-3-7-13-20;5-1(3(7)8)2(6)4(9)10/h2-7,10-13,18,21-24,27,31H,8-9,14-17H2,1H3,(H,28,30);1-2,5-6H,(H,7,8)(H,9,10). The highest BCUT2D eigenvalue weighted by Gasteiger charge is 2.57. The number of aliphatic hydroxyl groups excluding tert-OH is 2. The average molecular weight is 570 g/mol. The van der Waals surface area contributed by atoms with E-state index >= 15 is 0 Å². The Kier molecular flexibility index (Phi) is 9.77. The molecule has 1 amide bonds. The zero-order valence-corrected chi connectivity index (χ0v) is 23.0. The van der Waals surface area contributed by atoms with Crippen LogP contribution < -0.4 is 10.9 Å². The quantitative estimate of drug-likeness (QED) is 0.206. The second kappa shape index (κ2) is 13.1. The molecular weight excluding hydrogens is 530 g/mol. The van der Waals surface area contributed by atoms with E-state index in [0.29, 0.717) is 29.5 Å². The number of aliphatic carboxylic acids is 2. The molecule has 41 heavy (non-hydrogen) atoms. The van der Waals surface area contributed by atoms with Crippen molar-refractivity contribution in [2.45, 2.75) is 62.5 Å². The number of carboxylic acid groups (broad SMARTS) is 2. The summed E-state index contributed by atoms with van der Waals surface area (Å²) in [5.74, 6) is -2.77. The molecule has 0 bridgehead atoms. The van der Waals surface area contributed by atoms with E-state index in [4.69, 9.17) is 20.4 Å². The van der Waals surface area contributed by atoms with Crippen LogP contribution in [0.2, 0.25) is 0 Å². The summed E-state index contributed by atoms with van der Waals surface area (Å²) in [4.78, 5) is 35.3. The molecule has 0 radical (unpaired) electrons. The second-order valence-corrected chi connectivity index (χ2v) is 11.2. The van der Waals surface area contributed by atoms with Crippen molar-refractivity contribution in [1.29, 1.82) is 0 Å². The molecule has 0 spiro atoms. The number of fused-ring (bicyclic) bond motifs is 1. The van der Waals surface area contributed by atoms with Crippen LogP contribution in [0.15, 0.2) is 60.7 Å². The van der Waals surface area contributed by atoms with E-state index in [2.05, 4.69) is 53.0 Å². The summed E-state index contributed by atoms with van der Waals surface area (Å²) in [5.41, 5.74) is 6.76. The van der Waals surface area contributed by atoms with Gasteiger partial charge in [-0.3, -0.25) is 15.1 Å². The van der Waals surface area contributed by atoms with Crippen molar-refractivity contribution in [1.82, 2.24) is 15.8 Å². The molecule has 11 nitrogen and oxygen atoms in total. The normalized spacial score (nSPS) is 25.5. The predicted molar refractivity (Wildman–Crippen MR) is 148 cm³/mol. The van der Waals surface area contributed by atoms with Gasteiger partial charge in [0.05, 0.1) is 0 Å². The smallest absolute Gasteiger partial charge is 0.335 e. The van der Waals surface area contributed by atoms with E-state index in [9.17, 15) is 19.5 Å². The highest BCUT2D eigenvalue weighted by Crippen LogP contribution is 2.48. The lowest BCUT2D eigenvalue weighted by Crippen LogP contribution is -2.54. The number of amides is 1. The average Bonchev–Trinajstić information content (AvgIpc) is 3.37. The lowest BCUT2D eigenvalue weighted by molar-refractivity contribution is -0.165. The van der Waals surface area contributed by atoms with Crippen molar-refractivity contribution < 1.29 is 39.9 Å². The van der Waals surface area contributed by atoms with Crippen LogP contribution in [0.25, 0.3) is 0 Å². The van der Waals surface area contributed by atoms with E-state index in [1.807, 2.05) is 30.3 Å². The highest BCUT2D eigenvalue weighted by atomic mass is 16.4. The third-order valence-corrected chi connectivity index (χ3v) is 8.72. The van der Waals surface area contributed by atoms with Gasteiger partial charge in [-0.25, -0.2) is 15.0 Å². The molecule has 3 fully saturated rings. The number of hydrogen-bond acceptors (Lipinski definition) is 8. The molecule has 0 aromatic heterocycles. The number of carbonyl (C=O) groups is 3. The van der Waals surface area contributed by atoms with Crippen molar-refractivity contribution in [3.05, 3.63) is 71.8 Å². The molecule has 6 atom stereocenters. The molecule has 1 heterocycles. The summed E-state index contributed by atoms with van der Waals surface area (Å²) >= 11 is 0. The molecule has 222 valence electrons. The molecule has 1 aliphatic heterocycles. The molecule has 6 unspecified atom stereocenters. The minimum absolute atomic E-state index is 0.0300. The van der Waals surface area contributed by atoms with Gasteiger partial charge in [0.1, 0.15) is 0 Å². The zero-order chi connectivity index (χ0) is 29.7. The number of carboxylic acids is 2. The van der Waals surface area contributed by atoms with Gasteiger partial charge >= 0.3 is 11.9 Å². The molecule has 2 aromatic rings. The molecule has 1 saturated heterocycles. The Balaban J connectivity index is 0.000000334. The Morgan fingerprint density at radius 3 is 1.83 bits per heavy atom. The fourth-order valence-corrected chi connectivity index (χ4v) is 6.13. The number of nitrogens with zero attached hydrogens (tertiary/aromatic N) is 1. The van der Waals surface area contributed by atoms with Gasteiger partial charge in [-0.2, -0.15) is 0 Å². The highest BCUT2D eigenvalue weighted by molar-refractivity contribution is 5.86. The van der Waals surface area contributed by atoms with Crippen molar-refractivity contribution in [3.63, 3.8) is 0 Å². The van der Waals surface area contributed by atoms with Gasteiger partial charge in [0.25, 0.3) is 5.91 Å². The van der Waals surface area contributed by atoms with E-state index in [0.717, 1.165) is 38.8 Å². The first-order valence-electron chi connectivity index (χ1n) is 14.0. The van der Waals surface area contributed by atoms with Gasteiger partial charge in [-0.1, -0.05) is 73.5 Å².